The van der Waals surface area contributed by atoms with Crippen LogP contribution in [0.25, 0.3) is 16.6 Å². The second-order valence-electron chi connectivity index (χ2n) is 4.54. The van der Waals surface area contributed by atoms with Gasteiger partial charge in [-0.3, -0.25) is 0 Å². The van der Waals surface area contributed by atoms with Crippen molar-refractivity contribution in [1.82, 2.24) is 14.9 Å². The lowest BCUT2D eigenvalue weighted by Crippen LogP contribution is -2.14. The zero-order valence-corrected chi connectivity index (χ0v) is 10.1. The van der Waals surface area contributed by atoms with Gasteiger partial charge in [0.1, 0.15) is 5.65 Å². The first kappa shape index (κ1) is 10.4. The Hall–Kier alpha value is -1.77. The molecule has 88 valence electrons. The van der Waals surface area contributed by atoms with E-state index < -0.39 is 0 Å². The van der Waals surface area contributed by atoms with E-state index in [0.29, 0.717) is 0 Å². The van der Waals surface area contributed by atoms with Crippen LogP contribution in [0.3, 0.4) is 0 Å². The lowest BCUT2D eigenvalue weighted by molar-refractivity contribution is 0.406. The van der Waals surface area contributed by atoms with Crippen molar-refractivity contribution in [1.29, 1.82) is 0 Å². The van der Waals surface area contributed by atoms with E-state index in [1.807, 2.05) is 12.3 Å². The summed E-state index contributed by atoms with van der Waals surface area (Å²) < 4.78 is 0. The maximum Gasteiger partial charge on any atom is 0.137 e. The normalized spacial score (nSPS) is 15.6. The second-order valence-corrected chi connectivity index (χ2v) is 4.54. The number of hydrogen-bond donors (Lipinski definition) is 1. The van der Waals surface area contributed by atoms with Gasteiger partial charge in [0.2, 0.25) is 0 Å². The Morgan fingerprint density at radius 1 is 1.47 bits per heavy atom. The molecule has 2 aromatic rings. The number of nitrogens with zero attached hydrogens (tertiary/aromatic N) is 2. The molecule has 1 N–H and O–H groups in total. The predicted octanol–water partition coefficient (Wildman–Crippen LogP) is 3.02. The van der Waals surface area contributed by atoms with Crippen molar-refractivity contribution in [3.05, 3.63) is 36.3 Å². The largest absolute Gasteiger partial charge is 0.377 e. The number of aromatic nitrogens is 2. The van der Waals surface area contributed by atoms with Crippen molar-refractivity contribution >= 4 is 16.6 Å². The minimum absolute atomic E-state index is 0.984. The highest BCUT2D eigenvalue weighted by Crippen LogP contribution is 2.29. The van der Waals surface area contributed by atoms with Crippen LogP contribution in [-0.4, -0.2) is 28.0 Å². The highest BCUT2D eigenvalue weighted by Gasteiger charge is 2.16. The highest BCUT2D eigenvalue weighted by atomic mass is 15.1. The zero-order valence-electron chi connectivity index (χ0n) is 10.1. The third-order valence-corrected chi connectivity index (χ3v) is 3.31. The third kappa shape index (κ3) is 1.82. The molecule has 0 saturated carbocycles. The van der Waals surface area contributed by atoms with E-state index in [4.69, 9.17) is 0 Å². The van der Waals surface area contributed by atoms with Crippen LogP contribution in [0.5, 0.6) is 0 Å². The molecule has 3 heterocycles. The summed E-state index contributed by atoms with van der Waals surface area (Å²) in [7, 11) is 0. The standard InChI is InChI=1S/C14H17N3/c1-2-7-17-8-5-11(10-17)13-9-16-14-12(13)4-3-6-15-14/h3-4,6,9-10H,2,5,7-8H2,1H3,(H,15,16). The quantitative estimate of drug-likeness (QED) is 0.874. The summed E-state index contributed by atoms with van der Waals surface area (Å²) in [5.41, 5.74) is 3.72. The van der Waals surface area contributed by atoms with Crippen LogP contribution >= 0.6 is 0 Å². The molecule has 0 unspecified atom stereocenters. The summed E-state index contributed by atoms with van der Waals surface area (Å²) >= 11 is 0. The number of hydrogen-bond acceptors (Lipinski definition) is 2. The first-order valence-corrected chi connectivity index (χ1v) is 6.25. The molecular formula is C14H17N3. The first-order chi connectivity index (χ1) is 8.38. The Labute approximate surface area is 101 Å². The van der Waals surface area contributed by atoms with Crippen molar-refractivity contribution in [3.63, 3.8) is 0 Å². The molecule has 3 nitrogen and oxygen atoms in total. The van der Waals surface area contributed by atoms with Crippen molar-refractivity contribution in [2.24, 2.45) is 0 Å². The topological polar surface area (TPSA) is 31.9 Å². The van der Waals surface area contributed by atoms with Gasteiger partial charge in [-0.25, -0.2) is 4.98 Å². The molecule has 0 fully saturated rings. The summed E-state index contributed by atoms with van der Waals surface area (Å²) in [6, 6.07) is 4.14. The Bertz CT molecular complexity index is 553. The number of nitrogens with one attached hydrogen (secondary N) is 1. The molecule has 0 bridgehead atoms. The van der Waals surface area contributed by atoms with Crippen LogP contribution < -0.4 is 0 Å². The Morgan fingerprint density at radius 3 is 3.29 bits per heavy atom. The van der Waals surface area contributed by atoms with Crippen LogP contribution in [0.4, 0.5) is 0 Å². The molecular weight excluding hydrogens is 210 g/mol. The molecule has 2 aromatic heterocycles. The van der Waals surface area contributed by atoms with Gasteiger partial charge >= 0.3 is 0 Å². The van der Waals surface area contributed by atoms with E-state index in [1.165, 1.54) is 22.9 Å². The monoisotopic (exact) mass is 227 g/mol. The van der Waals surface area contributed by atoms with Gasteiger partial charge in [-0.15, -0.1) is 0 Å². The first-order valence-electron chi connectivity index (χ1n) is 6.25. The average Bonchev–Trinajstić information content (AvgIpc) is 2.95. The fourth-order valence-corrected chi connectivity index (χ4v) is 2.50. The number of fused-ring (bicyclic) bond motifs is 1. The molecule has 0 saturated heterocycles. The number of aromatic amines is 1. The Morgan fingerprint density at radius 2 is 2.41 bits per heavy atom. The second kappa shape index (κ2) is 4.24. The van der Waals surface area contributed by atoms with Gasteiger partial charge in [-0.2, -0.15) is 0 Å². The van der Waals surface area contributed by atoms with Crippen LogP contribution in [0.1, 0.15) is 25.3 Å². The number of pyridine rings is 1. The SMILES string of the molecule is CCCN1C=C(c2c[nH]c3ncccc23)CC1. The maximum atomic E-state index is 4.33. The van der Waals surface area contributed by atoms with Crippen LogP contribution in [0.2, 0.25) is 0 Å². The van der Waals surface area contributed by atoms with Gasteiger partial charge in [0.15, 0.2) is 0 Å². The number of H-pyrrole nitrogens is 1. The number of rotatable bonds is 3. The molecule has 0 radical (unpaired) electrons. The minimum Gasteiger partial charge on any atom is -0.377 e. The van der Waals surface area contributed by atoms with Crippen molar-refractivity contribution < 1.29 is 0 Å². The van der Waals surface area contributed by atoms with Crippen molar-refractivity contribution in [2.45, 2.75) is 19.8 Å². The fraction of sp³-hybridized carbons (Fsp3) is 0.357. The minimum atomic E-state index is 0.984. The molecule has 0 amide bonds. The van der Waals surface area contributed by atoms with E-state index in [1.54, 1.807) is 0 Å². The van der Waals surface area contributed by atoms with E-state index in [0.717, 1.165) is 25.2 Å². The van der Waals surface area contributed by atoms with Crippen LogP contribution in [0.15, 0.2) is 30.7 Å². The fourth-order valence-electron chi connectivity index (χ4n) is 2.50. The van der Waals surface area contributed by atoms with Gasteiger partial charge in [0.25, 0.3) is 0 Å². The molecule has 0 spiro atoms. The van der Waals surface area contributed by atoms with Gasteiger partial charge in [-0.1, -0.05) is 6.92 Å². The molecule has 0 aromatic carbocycles. The van der Waals surface area contributed by atoms with Crippen LogP contribution in [0, 0.1) is 0 Å². The van der Waals surface area contributed by atoms with E-state index in [2.05, 4.69) is 40.3 Å². The molecule has 17 heavy (non-hydrogen) atoms. The third-order valence-electron chi connectivity index (χ3n) is 3.31. The summed E-state index contributed by atoms with van der Waals surface area (Å²) in [5.74, 6) is 0. The molecule has 0 aliphatic carbocycles. The molecule has 1 aliphatic rings. The van der Waals surface area contributed by atoms with E-state index >= 15 is 0 Å². The summed E-state index contributed by atoms with van der Waals surface area (Å²) in [4.78, 5) is 9.98. The lowest BCUT2D eigenvalue weighted by Gasteiger charge is -2.12. The van der Waals surface area contributed by atoms with Crippen molar-refractivity contribution in [3.8, 4) is 0 Å². The summed E-state index contributed by atoms with van der Waals surface area (Å²) in [6.07, 6.45) is 8.56. The summed E-state index contributed by atoms with van der Waals surface area (Å²) in [5, 5.41) is 1.23. The smallest absolute Gasteiger partial charge is 0.137 e. The Kier molecular flexibility index (Phi) is 2.59. The summed E-state index contributed by atoms with van der Waals surface area (Å²) in [6.45, 7) is 4.53. The van der Waals surface area contributed by atoms with Gasteiger partial charge in [-0.05, 0) is 30.5 Å². The van der Waals surface area contributed by atoms with Crippen LogP contribution in [-0.2, 0) is 0 Å². The van der Waals surface area contributed by atoms with Gasteiger partial charge in [0, 0.05) is 42.6 Å². The predicted molar refractivity (Wildman–Crippen MR) is 70.6 cm³/mol. The molecule has 3 heteroatoms. The lowest BCUT2D eigenvalue weighted by atomic mass is 10.1. The zero-order chi connectivity index (χ0) is 11.7. The Balaban J connectivity index is 1.97. The van der Waals surface area contributed by atoms with E-state index in [-0.39, 0.29) is 0 Å². The average molecular weight is 227 g/mol. The van der Waals surface area contributed by atoms with Crippen molar-refractivity contribution in [2.75, 3.05) is 13.1 Å². The molecule has 0 atom stereocenters. The van der Waals surface area contributed by atoms with Gasteiger partial charge < -0.3 is 9.88 Å². The van der Waals surface area contributed by atoms with E-state index in [9.17, 15) is 0 Å². The maximum absolute atomic E-state index is 4.33. The van der Waals surface area contributed by atoms with Gasteiger partial charge in [0.05, 0.1) is 0 Å². The highest BCUT2D eigenvalue weighted by molar-refractivity contribution is 5.90. The molecule has 1 aliphatic heterocycles. The molecule has 3 rings (SSSR count).